The Labute approximate surface area is 89.0 Å². The minimum atomic E-state index is -0.506. The van der Waals surface area contributed by atoms with E-state index in [1.807, 2.05) is 12.1 Å². The van der Waals surface area contributed by atoms with Crippen molar-refractivity contribution in [2.75, 3.05) is 26.9 Å². The Kier molecular flexibility index (Phi) is 4.90. The monoisotopic (exact) mass is 213 g/mol. The lowest BCUT2D eigenvalue weighted by Crippen LogP contribution is -2.04. The van der Waals surface area contributed by atoms with Crippen molar-refractivity contribution in [2.24, 2.45) is 5.73 Å². The first-order valence-electron chi connectivity index (χ1n) is 4.87. The van der Waals surface area contributed by atoms with Gasteiger partial charge >= 0.3 is 0 Å². The van der Waals surface area contributed by atoms with E-state index in [0.29, 0.717) is 18.0 Å². The summed E-state index contributed by atoms with van der Waals surface area (Å²) in [5.41, 5.74) is 6.53. The van der Waals surface area contributed by atoms with Crippen molar-refractivity contribution in [1.82, 2.24) is 0 Å². The Morgan fingerprint density at radius 1 is 1.33 bits per heavy atom. The molecule has 0 aliphatic heterocycles. The minimum absolute atomic E-state index is 0.0482. The topological polar surface area (TPSA) is 44.5 Å². The van der Waals surface area contributed by atoms with Gasteiger partial charge in [0.2, 0.25) is 0 Å². The van der Waals surface area contributed by atoms with E-state index in [9.17, 15) is 4.39 Å². The zero-order valence-electron chi connectivity index (χ0n) is 8.83. The molecule has 2 N–H and O–H groups in total. The number of benzene rings is 1. The second-order valence-corrected chi connectivity index (χ2v) is 3.06. The van der Waals surface area contributed by atoms with Crippen LogP contribution in [0.4, 0.5) is 4.39 Å². The fourth-order valence-corrected chi connectivity index (χ4v) is 1.30. The first kappa shape index (κ1) is 11.8. The van der Waals surface area contributed by atoms with Crippen molar-refractivity contribution < 1.29 is 13.9 Å². The van der Waals surface area contributed by atoms with Gasteiger partial charge in [0, 0.05) is 0 Å². The highest BCUT2D eigenvalue weighted by Crippen LogP contribution is 2.28. The average Bonchev–Trinajstić information content (AvgIpc) is 2.27. The number of hydrogen-bond donors (Lipinski definition) is 1. The summed E-state index contributed by atoms with van der Waals surface area (Å²) < 4.78 is 22.3. The highest BCUT2D eigenvalue weighted by molar-refractivity contribution is 5.43. The van der Waals surface area contributed by atoms with Gasteiger partial charge in [-0.3, -0.25) is 0 Å². The SMILES string of the molecule is COc1cc(CCN)ccc1OCCF. The van der Waals surface area contributed by atoms with Crippen LogP contribution in [-0.2, 0) is 6.42 Å². The molecule has 0 atom stereocenters. The maximum Gasteiger partial charge on any atom is 0.161 e. The zero-order valence-corrected chi connectivity index (χ0v) is 8.83. The summed E-state index contributed by atoms with van der Waals surface area (Å²) in [6.07, 6.45) is 0.791. The average molecular weight is 213 g/mol. The van der Waals surface area contributed by atoms with Gasteiger partial charge in [-0.05, 0) is 30.7 Å². The van der Waals surface area contributed by atoms with E-state index in [2.05, 4.69) is 0 Å². The van der Waals surface area contributed by atoms with Crippen LogP contribution >= 0.6 is 0 Å². The molecule has 3 nitrogen and oxygen atoms in total. The fourth-order valence-electron chi connectivity index (χ4n) is 1.30. The maximum atomic E-state index is 11.9. The largest absolute Gasteiger partial charge is 0.493 e. The molecule has 1 aromatic rings. The van der Waals surface area contributed by atoms with Gasteiger partial charge in [-0.2, -0.15) is 0 Å². The molecule has 1 aromatic carbocycles. The quantitative estimate of drug-likeness (QED) is 0.779. The van der Waals surface area contributed by atoms with Gasteiger partial charge in [-0.25, -0.2) is 4.39 Å². The smallest absolute Gasteiger partial charge is 0.161 e. The summed E-state index contributed by atoms with van der Waals surface area (Å²) >= 11 is 0. The number of ether oxygens (including phenoxy) is 2. The third-order valence-corrected chi connectivity index (χ3v) is 2.00. The molecule has 0 radical (unpaired) electrons. The molecule has 0 heterocycles. The normalized spacial score (nSPS) is 10.1. The first-order chi connectivity index (χ1) is 7.31. The van der Waals surface area contributed by atoms with Crippen LogP contribution in [-0.4, -0.2) is 26.9 Å². The Bertz CT molecular complexity index is 305. The van der Waals surface area contributed by atoms with E-state index in [0.717, 1.165) is 12.0 Å². The van der Waals surface area contributed by atoms with E-state index in [4.69, 9.17) is 15.2 Å². The van der Waals surface area contributed by atoms with Gasteiger partial charge < -0.3 is 15.2 Å². The van der Waals surface area contributed by atoms with Crippen LogP contribution < -0.4 is 15.2 Å². The molecule has 0 bridgehead atoms. The van der Waals surface area contributed by atoms with E-state index < -0.39 is 6.67 Å². The molecule has 0 unspecified atom stereocenters. The second kappa shape index (κ2) is 6.24. The van der Waals surface area contributed by atoms with Crippen LogP contribution in [0.3, 0.4) is 0 Å². The number of nitrogens with two attached hydrogens (primary N) is 1. The van der Waals surface area contributed by atoms with Crippen molar-refractivity contribution in [3.63, 3.8) is 0 Å². The molecule has 0 spiro atoms. The molecule has 0 aliphatic carbocycles. The van der Waals surface area contributed by atoms with E-state index in [1.54, 1.807) is 13.2 Å². The molecule has 0 fully saturated rings. The molecule has 15 heavy (non-hydrogen) atoms. The minimum Gasteiger partial charge on any atom is -0.493 e. The Balaban J connectivity index is 2.78. The second-order valence-electron chi connectivity index (χ2n) is 3.06. The van der Waals surface area contributed by atoms with Crippen molar-refractivity contribution in [3.8, 4) is 11.5 Å². The van der Waals surface area contributed by atoms with Crippen molar-refractivity contribution in [1.29, 1.82) is 0 Å². The fraction of sp³-hybridized carbons (Fsp3) is 0.455. The van der Waals surface area contributed by atoms with Crippen LogP contribution in [0.5, 0.6) is 11.5 Å². The first-order valence-corrected chi connectivity index (χ1v) is 4.87. The third kappa shape index (κ3) is 3.40. The van der Waals surface area contributed by atoms with Gasteiger partial charge in [-0.15, -0.1) is 0 Å². The number of methoxy groups -OCH3 is 1. The molecular weight excluding hydrogens is 197 g/mol. The predicted molar refractivity (Wildman–Crippen MR) is 57.2 cm³/mol. The molecule has 4 heteroatoms. The number of hydrogen-bond acceptors (Lipinski definition) is 3. The van der Waals surface area contributed by atoms with Gasteiger partial charge in [0.05, 0.1) is 7.11 Å². The molecule has 0 aliphatic rings. The summed E-state index contributed by atoms with van der Waals surface area (Å²) in [5.74, 6) is 1.19. The predicted octanol–water partition coefficient (Wildman–Crippen LogP) is 1.54. The molecule has 0 amide bonds. The van der Waals surface area contributed by atoms with Crippen LogP contribution in [0.1, 0.15) is 5.56 Å². The summed E-state index contributed by atoms with van der Waals surface area (Å²) in [7, 11) is 1.56. The highest BCUT2D eigenvalue weighted by atomic mass is 19.1. The van der Waals surface area contributed by atoms with E-state index in [1.165, 1.54) is 0 Å². The number of rotatable bonds is 6. The van der Waals surface area contributed by atoms with Crippen LogP contribution in [0.2, 0.25) is 0 Å². The summed E-state index contributed by atoms with van der Waals surface area (Å²) in [6.45, 7) is 0.133. The zero-order chi connectivity index (χ0) is 11.1. The number of alkyl halides is 1. The van der Waals surface area contributed by atoms with Crippen molar-refractivity contribution >= 4 is 0 Å². The lowest BCUT2D eigenvalue weighted by atomic mass is 10.1. The van der Waals surface area contributed by atoms with E-state index >= 15 is 0 Å². The summed E-state index contributed by atoms with van der Waals surface area (Å²) in [6, 6.07) is 5.54. The maximum absolute atomic E-state index is 11.9. The molecule has 84 valence electrons. The van der Waals surface area contributed by atoms with Gasteiger partial charge in [-0.1, -0.05) is 6.07 Å². The van der Waals surface area contributed by atoms with Crippen molar-refractivity contribution in [2.45, 2.75) is 6.42 Å². The summed E-state index contributed by atoms with van der Waals surface area (Å²) in [4.78, 5) is 0. The van der Waals surface area contributed by atoms with Gasteiger partial charge in [0.1, 0.15) is 13.3 Å². The highest BCUT2D eigenvalue weighted by Gasteiger charge is 2.05. The van der Waals surface area contributed by atoms with Crippen LogP contribution in [0.15, 0.2) is 18.2 Å². The van der Waals surface area contributed by atoms with Gasteiger partial charge in [0.25, 0.3) is 0 Å². The lowest BCUT2D eigenvalue weighted by molar-refractivity contribution is 0.260. The van der Waals surface area contributed by atoms with E-state index in [-0.39, 0.29) is 6.61 Å². The third-order valence-electron chi connectivity index (χ3n) is 2.00. The Morgan fingerprint density at radius 2 is 2.13 bits per heavy atom. The molecular formula is C11H16FNO2. The summed E-state index contributed by atoms with van der Waals surface area (Å²) in [5, 5.41) is 0. The molecule has 0 aromatic heterocycles. The Hall–Kier alpha value is -1.29. The standard InChI is InChI=1S/C11H16FNO2/c1-14-11-8-9(4-6-13)2-3-10(11)15-7-5-12/h2-3,8H,4-7,13H2,1H3. The van der Waals surface area contributed by atoms with Gasteiger partial charge in [0.15, 0.2) is 11.5 Å². The lowest BCUT2D eigenvalue weighted by Gasteiger charge is -2.10. The van der Waals surface area contributed by atoms with Crippen LogP contribution in [0.25, 0.3) is 0 Å². The molecule has 0 saturated carbocycles. The number of halogens is 1. The Morgan fingerprint density at radius 3 is 2.73 bits per heavy atom. The molecule has 0 saturated heterocycles. The van der Waals surface area contributed by atoms with Crippen LogP contribution in [0, 0.1) is 0 Å². The molecule has 1 rings (SSSR count). The van der Waals surface area contributed by atoms with Crippen molar-refractivity contribution in [3.05, 3.63) is 23.8 Å².